The molecule has 0 radical (unpaired) electrons. The highest BCUT2D eigenvalue weighted by Gasteiger charge is 2.54. The second-order valence-corrected chi connectivity index (χ2v) is 8.19. The zero-order valence-corrected chi connectivity index (χ0v) is 12.9. The molecule has 20 heavy (non-hydrogen) atoms. The number of rotatable bonds is 4. The highest BCUT2D eigenvalue weighted by molar-refractivity contribution is 7.90. The molecule has 1 aromatic rings. The van der Waals surface area contributed by atoms with E-state index in [0.29, 0.717) is 41.3 Å². The Bertz CT molecular complexity index is 679. The van der Waals surface area contributed by atoms with Crippen LogP contribution in [0.4, 0.5) is 0 Å². The van der Waals surface area contributed by atoms with Gasteiger partial charge in [-0.05, 0) is 43.4 Å². The van der Waals surface area contributed by atoms with Crippen LogP contribution in [0.5, 0.6) is 0 Å². The van der Waals surface area contributed by atoms with Crippen molar-refractivity contribution in [2.24, 2.45) is 0 Å². The van der Waals surface area contributed by atoms with E-state index < -0.39 is 26.6 Å². The van der Waals surface area contributed by atoms with Gasteiger partial charge in [-0.1, -0.05) is 29.3 Å². The van der Waals surface area contributed by atoms with Crippen molar-refractivity contribution >= 4 is 39.1 Å². The number of carbonyl (C=O) groups is 1. The molecule has 4 nitrogen and oxygen atoms in total. The van der Waals surface area contributed by atoms with Crippen LogP contribution in [0.25, 0.3) is 0 Å². The Labute approximate surface area is 127 Å². The average Bonchev–Trinajstić information content (AvgIpc) is 3.22. The molecule has 108 valence electrons. The molecule has 1 N–H and O–H groups in total. The minimum absolute atomic E-state index is 0.397. The van der Waals surface area contributed by atoms with E-state index in [2.05, 4.69) is 4.72 Å². The van der Waals surface area contributed by atoms with E-state index in [1.165, 1.54) is 0 Å². The SMILES string of the molecule is O=C(NS(=O)(=O)C1CC1)C1(c2ccc(Cl)cc2Cl)CC1. The summed E-state index contributed by atoms with van der Waals surface area (Å²) in [4.78, 5) is 12.3. The number of amides is 1. The zero-order valence-electron chi connectivity index (χ0n) is 10.5. The molecule has 0 heterocycles. The summed E-state index contributed by atoms with van der Waals surface area (Å²) in [6.45, 7) is 0. The topological polar surface area (TPSA) is 63.2 Å². The van der Waals surface area contributed by atoms with Gasteiger partial charge < -0.3 is 0 Å². The first-order valence-corrected chi connectivity index (χ1v) is 8.67. The van der Waals surface area contributed by atoms with E-state index in [4.69, 9.17) is 23.2 Å². The van der Waals surface area contributed by atoms with Crippen LogP contribution < -0.4 is 4.72 Å². The monoisotopic (exact) mass is 333 g/mol. The van der Waals surface area contributed by atoms with Gasteiger partial charge in [-0.2, -0.15) is 0 Å². The van der Waals surface area contributed by atoms with E-state index in [9.17, 15) is 13.2 Å². The number of benzene rings is 1. The maximum Gasteiger partial charge on any atom is 0.244 e. The van der Waals surface area contributed by atoms with E-state index in [-0.39, 0.29) is 0 Å². The van der Waals surface area contributed by atoms with Gasteiger partial charge in [-0.15, -0.1) is 0 Å². The van der Waals surface area contributed by atoms with Gasteiger partial charge in [0.05, 0.1) is 10.7 Å². The molecule has 0 bridgehead atoms. The van der Waals surface area contributed by atoms with Crippen LogP contribution in [0.2, 0.25) is 10.0 Å². The van der Waals surface area contributed by atoms with Crippen molar-refractivity contribution in [1.29, 1.82) is 0 Å². The summed E-state index contributed by atoms with van der Waals surface area (Å²) in [6.07, 6.45) is 2.44. The van der Waals surface area contributed by atoms with E-state index in [1.54, 1.807) is 18.2 Å². The summed E-state index contributed by atoms with van der Waals surface area (Å²) >= 11 is 12.0. The molecule has 0 saturated heterocycles. The largest absolute Gasteiger partial charge is 0.273 e. The third kappa shape index (κ3) is 2.43. The van der Waals surface area contributed by atoms with E-state index in [1.807, 2.05) is 0 Å². The summed E-state index contributed by atoms with van der Waals surface area (Å²) in [7, 11) is -3.53. The minimum Gasteiger partial charge on any atom is -0.273 e. The van der Waals surface area contributed by atoms with Crippen LogP contribution >= 0.6 is 23.2 Å². The molecule has 3 rings (SSSR count). The molecule has 1 aromatic carbocycles. The number of halogens is 2. The Balaban J connectivity index is 1.87. The smallest absolute Gasteiger partial charge is 0.244 e. The van der Waals surface area contributed by atoms with Crippen molar-refractivity contribution in [2.75, 3.05) is 0 Å². The normalized spacial score (nSPS) is 20.5. The quantitative estimate of drug-likeness (QED) is 0.921. The zero-order chi connectivity index (χ0) is 14.5. The fourth-order valence-corrected chi connectivity index (χ4v) is 4.28. The molecular formula is C13H13Cl2NO3S. The number of carbonyl (C=O) groups excluding carboxylic acids is 1. The van der Waals surface area contributed by atoms with Crippen molar-refractivity contribution in [2.45, 2.75) is 36.3 Å². The van der Waals surface area contributed by atoms with Gasteiger partial charge in [0.1, 0.15) is 0 Å². The fourth-order valence-electron chi connectivity index (χ4n) is 2.31. The van der Waals surface area contributed by atoms with Gasteiger partial charge in [0.15, 0.2) is 0 Å². The molecule has 2 fully saturated rings. The van der Waals surface area contributed by atoms with Crippen LogP contribution in [0.3, 0.4) is 0 Å². The van der Waals surface area contributed by atoms with Crippen LogP contribution in [0.1, 0.15) is 31.2 Å². The maximum atomic E-state index is 12.3. The van der Waals surface area contributed by atoms with Crippen molar-refractivity contribution in [1.82, 2.24) is 4.72 Å². The molecule has 0 aliphatic heterocycles. The van der Waals surface area contributed by atoms with E-state index in [0.717, 1.165) is 0 Å². The van der Waals surface area contributed by atoms with Gasteiger partial charge in [0, 0.05) is 10.0 Å². The predicted octanol–water partition coefficient (Wildman–Crippen LogP) is 2.63. The van der Waals surface area contributed by atoms with Crippen molar-refractivity contribution in [3.63, 3.8) is 0 Å². The Kier molecular flexibility index (Phi) is 3.27. The van der Waals surface area contributed by atoms with Crippen molar-refractivity contribution < 1.29 is 13.2 Å². The first-order valence-electron chi connectivity index (χ1n) is 6.37. The van der Waals surface area contributed by atoms with Crippen LogP contribution in [-0.2, 0) is 20.2 Å². The lowest BCUT2D eigenvalue weighted by molar-refractivity contribution is -0.121. The van der Waals surface area contributed by atoms with Crippen molar-refractivity contribution in [3.8, 4) is 0 Å². The second-order valence-electron chi connectivity index (χ2n) is 5.38. The second kappa shape index (κ2) is 4.61. The van der Waals surface area contributed by atoms with Gasteiger partial charge in [0.2, 0.25) is 15.9 Å². The first kappa shape index (κ1) is 14.2. The molecular weight excluding hydrogens is 321 g/mol. The lowest BCUT2D eigenvalue weighted by Crippen LogP contribution is -2.40. The van der Waals surface area contributed by atoms with Crippen LogP contribution in [0.15, 0.2) is 18.2 Å². The Hall–Kier alpha value is -0.780. The summed E-state index contributed by atoms with van der Waals surface area (Å²) in [6, 6.07) is 4.92. The lowest BCUT2D eigenvalue weighted by Gasteiger charge is -2.17. The van der Waals surface area contributed by atoms with Crippen LogP contribution in [-0.4, -0.2) is 19.6 Å². The van der Waals surface area contributed by atoms with Gasteiger partial charge >= 0.3 is 0 Å². The highest BCUT2D eigenvalue weighted by atomic mass is 35.5. The number of hydrogen-bond acceptors (Lipinski definition) is 3. The number of hydrogen-bond donors (Lipinski definition) is 1. The molecule has 0 atom stereocenters. The molecule has 0 spiro atoms. The summed E-state index contributed by atoms with van der Waals surface area (Å²) < 4.78 is 25.9. The summed E-state index contributed by atoms with van der Waals surface area (Å²) in [5, 5.41) is 0.470. The van der Waals surface area contributed by atoms with Gasteiger partial charge in [-0.25, -0.2) is 8.42 Å². The van der Waals surface area contributed by atoms with Crippen LogP contribution in [0, 0.1) is 0 Å². The molecule has 0 unspecified atom stereocenters. The third-order valence-electron chi connectivity index (χ3n) is 3.83. The Morgan fingerprint density at radius 1 is 1.25 bits per heavy atom. The molecule has 7 heteroatoms. The lowest BCUT2D eigenvalue weighted by atomic mass is 9.95. The Morgan fingerprint density at radius 3 is 2.40 bits per heavy atom. The standard InChI is InChI=1S/C13H13Cl2NO3S/c14-8-1-4-10(11(15)7-8)13(5-6-13)12(17)16-20(18,19)9-2-3-9/h1,4,7,9H,2-3,5-6H2,(H,16,17). The van der Waals surface area contributed by atoms with Gasteiger partial charge in [0.25, 0.3) is 0 Å². The Morgan fingerprint density at radius 2 is 1.90 bits per heavy atom. The molecule has 2 saturated carbocycles. The summed E-state index contributed by atoms with van der Waals surface area (Å²) in [5.41, 5.74) is -0.170. The minimum atomic E-state index is -3.53. The maximum absolute atomic E-state index is 12.3. The number of sulfonamides is 1. The van der Waals surface area contributed by atoms with Gasteiger partial charge in [-0.3, -0.25) is 9.52 Å². The molecule has 2 aliphatic carbocycles. The number of nitrogens with one attached hydrogen (secondary N) is 1. The first-order chi connectivity index (χ1) is 9.35. The highest BCUT2D eigenvalue weighted by Crippen LogP contribution is 2.51. The molecule has 1 amide bonds. The predicted molar refractivity (Wildman–Crippen MR) is 77.5 cm³/mol. The molecule has 2 aliphatic rings. The van der Waals surface area contributed by atoms with Crippen molar-refractivity contribution in [3.05, 3.63) is 33.8 Å². The average molecular weight is 334 g/mol. The summed E-state index contributed by atoms with van der Waals surface area (Å²) in [5.74, 6) is -0.478. The van der Waals surface area contributed by atoms with E-state index >= 15 is 0 Å². The third-order valence-corrected chi connectivity index (χ3v) is 6.20. The molecule has 0 aromatic heterocycles. The fraction of sp³-hybridized carbons (Fsp3) is 0.462.